The van der Waals surface area contributed by atoms with Crippen LogP contribution in [-0.2, 0) is 9.09 Å². The Bertz CT molecular complexity index is 66.0. The molecular weight excluding hydrogens is 138 g/mol. The Labute approximate surface area is 46.9 Å². The molecule has 7 heavy (non-hydrogen) atoms. The molecule has 0 amide bonds. The van der Waals surface area contributed by atoms with Crippen LogP contribution in [0, 0.1) is 0 Å². The van der Waals surface area contributed by atoms with Gasteiger partial charge >= 0.3 is 0 Å². The molecule has 0 saturated carbocycles. The second kappa shape index (κ2) is 4.60. The fourth-order valence-corrected chi connectivity index (χ4v) is 0.609. The molecule has 0 aliphatic heterocycles. The normalized spacial score (nSPS) is 14.0. The molecule has 0 aromatic rings. The van der Waals surface area contributed by atoms with Crippen LogP contribution in [0.2, 0.25) is 0 Å². The Morgan fingerprint density at radius 1 is 1.86 bits per heavy atom. The van der Waals surface area contributed by atoms with Gasteiger partial charge in [0.1, 0.15) is 0 Å². The fourth-order valence-electron chi connectivity index (χ4n) is 0.126. The summed E-state index contributed by atoms with van der Waals surface area (Å²) in [4.78, 5) is 0. The van der Waals surface area contributed by atoms with E-state index in [1.807, 2.05) is 0 Å². The van der Waals surface area contributed by atoms with E-state index in [4.69, 9.17) is 16.3 Å². The Kier molecular flexibility index (Phi) is 4.88. The van der Waals surface area contributed by atoms with Crippen LogP contribution in [0.1, 0.15) is 0 Å². The quantitative estimate of drug-likeness (QED) is 0.591. The number of aliphatic hydroxyl groups is 1. The second-order valence-corrected chi connectivity index (χ2v) is 2.50. The van der Waals surface area contributed by atoms with Crippen LogP contribution in [-0.4, -0.2) is 18.3 Å². The second-order valence-electron chi connectivity index (χ2n) is 0.810. The third-order valence-corrected chi connectivity index (χ3v) is 1.07. The molecule has 0 aromatic carbocycles. The molecule has 0 rings (SSSR count). The topological polar surface area (TPSA) is 46.5 Å². The molecule has 3 nitrogen and oxygen atoms in total. The maximum atomic E-state index is 9.82. The van der Waals surface area contributed by atoms with Crippen molar-refractivity contribution in [3.05, 3.63) is 0 Å². The van der Waals surface area contributed by atoms with E-state index in [2.05, 4.69) is 4.52 Å². The summed E-state index contributed by atoms with van der Waals surface area (Å²) in [5, 5.41) is 8.01. The summed E-state index contributed by atoms with van der Waals surface area (Å²) < 4.78 is 14.1. The molecule has 1 N–H and O–H groups in total. The van der Waals surface area contributed by atoms with Crippen molar-refractivity contribution in [1.82, 2.24) is 0 Å². The summed E-state index contributed by atoms with van der Waals surface area (Å²) >= 11 is 4.87. The van der Waals surface area contributed by atoms with Crippen molar-refractivity contribution in [2.45, 2.75) is 0 Å². The predicted octanol–water partition coefficient (Wildman–Crippen LogP) is 0.624. The maximum Gasteiger partial charge on any atom is 0.278 e. The lowest BCUT2D eigenvalue weighted by Gasteiger charge is -1.90. The smallest absolute Gasteiger partial charge is 0.278 e. The van der Waals surface area contributed by atoms with Gasteiger partial charge in [-0.05, 0) is 11.2 Å². The maximum absolute atomic E-state index is 9.82. The van der Waals surface area contributed by atoms with E-state index in [-0.39, 0.29) is 13.2 Å². The van der Waals surface area contributed by atoms with E-state index in [9.17, 15) is 4.57 Å². The first-order valence-electron chi connectivity index (χ1n) is 1.70. The minimum Gasteiger partial charge on any atom is -0.394 e. The van der Waals surface area contributed by atoms with Gasteiger partial charge in [0.25, 0.3) is 7.38 Å². The molecule has 0 fully saturated rings. The standard InChI is InChI=1S/C2H6ClO3P/c3-7(5)6-2-1-4/h4,7H,1-2H2. The van der Waals surface area contributed by atoms with E-state index in [0.717, 1.165) is 0 Å². The van der Waals surface area contributed by atoms with Gasteiger partial charge in [-0.2, -0.15) is 0 Å². The van der Waals surface area contributed by atoms with Gasteiger partial charge in [0.15, 0.2) is 0 Å². The number of hydrogen-bond acceptors (Lipinski definition) is 3. The minimum atomic E-state index is -2.34. The zero-order valence-corrected chi connectivity index (χ0v) is 5.31. The monoisotopic (exact) mass is 144 g/mol. The summed E-state index contributed by atoms with van der Waals surface area (Å²) in [6.45, 7) is -0.0789. The van der Waals surface area contributed by atoms with E-state index in [1.54, 1.807) is 0 Å². The lowest BCUT2D eigenvalue weighted by molar-refractivity contribution is 0.211. The van der Waals surface area contributed by atoms with Crippen LogP contribution in [0.4, 0.5) is 0 Å². The highest BCUT2D eigenvalue weighted by atomic mass is 35.7. The van der Waals surface area contributed by atoms with Crippen LogP contribution in [0.3, 0.4) is 0 Å². The lowest BCUT2D eigenvalue weighted by atomic mass is 10.8. The van der Waals surface area contributed by atoms with Crippen molar-refractivity contribution in [2.75, 3.05) is 13.2 Å². The third kappa shape index (κ3) is 6.44. The highest BCUT2D eigenvalue weighted by Gasteiger charge is 1.86. The van der Waals surface area contributed by atoms with Crippen LogP contribution >= 0.6 is 18.6 Å². The van der Waals surface area contributed by atoms with Crippen LogP contribution < -0.4 is 0 Å². The Balaban J connectivity index is 2.82. The highest BCUT2D eigenvalue weighted by Crippen LogP contribution is 2.26. The molecule has 0 aliphatic rings. The zero-order chi connectivity index (χ0) is 5.70. The SMILES string of the molecule is O=[PH](Cl)OCCO. The first-order chi connectivity index (χ1) is 3.27. The summed E-state index contributed by atoms with van der Waals surface area (Å²) in [6, 6.07) is 0. The molecule has 1 unspecified atom stereocenters. The summed E-state index contributed by atoms with van der Waals surface area (Å²) in [6.07, 6.45) is 0. The van der Waals surface area contributed by atoms with Gasteiger partial charge in [-0.15, -0.1) is 0 Å². The molecular formula is C2H6ClO3P. The molecule has 1 atom stereocenters. The molecule has 0 aliphatic carbocycles. The average Bonchev–Trinajstić information content (AvgIpc) is 1.61. The number of aliphatic hydroxyl groups excluding tert-OH is 1. The van der Waals surface area contributed by atoms with E-state index in [1.165, 1.54) is 0 Å². The Morgan fingerprint density at radius 2 is 2.43 bits per heavy atom. The molecule has 0 spiro atoms. The summed E-state index contributed by atoms with van der Waals surface area (Å²) in [5.74, 6) is 0. The van der Waals surface area contributed by atoms with E-state index in [0.29, 0.717) is 0 Å². The van der Waals surface area contributed by atoms with Gasteiger partial charge in [0.05, 0.1) is 13.2 Å². The minimum absolute atomic E-state index is 0.0568. The highest BCUT2D eigenvalue weighted by molar-refractivity contribution is 7.69. The molecule has 44 valence electrons. The van der Waals surface area contributed by atoms with Gasteiger partial charge in [-0.3, -0.25) is 4.57 Å². The molecule has 5 heteroatoms. The Morgan fingerprint density at radius 3 is 2.57 bits per heavy atom. The van der Waals surface area contributed by atoms with Crippen molar-refractivity contribution in [1.29, 1.82) is 0 Å². The number of rotatable bonds is 3. The molecule has 0 saturated heterocycles. The first kappa shape index (κ1) is 7.44. The third-order valence-electron chi connectivity index (χ3n) is 0.307. The average molecular weight is 144 g/mol. The van der Waals surface area contributed by atoms with Gasteiger partial charge in [0, 0.05) is 0 Å². The van der Waals surface area contributed by atoms with Crippen molar-refractivity contribution < 1.29 is 14.2 Å². The van der Waals surface area contributed by atoms with Crippen molar-refractivity contribution in [3.63, 3.8) is 0 Å². The zero-order valence-electron chi connectivity index (χ0n) is 3.56. The van der Waals surface area contributed by atoms with E-state index >= 15 is 0 Å². The summed E-state index contributed by atoms with van der Waals surface area (Å²) in [7, 11) is -2.34. The van der Waals surface area contributed by atoms with Crippen LogP contribution in [0.25, 0.3) is 0 Å². The molecule has 0 aromatic heterocycles. The van der Waals surface area contributed by atoms with Crippen molar-refractivity contribution in [3.8, 4) is 0 Å². The van der Waals surface area contributed by atoms with Crippen LogP contribution in [0.5, 0.6) is 0 Å². The lowest BCUT2D eigenvalue weighted by Crippen LogP contribution is -1.89. The predicted molar refractivity (Wildman–Crippen MR) is 27.9 cm³/mol. The number of halogens is 1. The van der Waals surface area contributed by atoms with Crippen molar-refractivity contribution in [2.24, 2.45) is 0 Å². The largest absolute Gasteiger partial charge is 0.394 e. The Hall–Kier alpha value is 0.440. The molecule has 0 bridgehead atoms. The van der Waals surface area contributed by atoms with Crippen LogP contribution in [0.15, 0.2) is 0 Å². The molecule has 0 radical (unpaired) electrons. The van der Waals surface area contributed by atoms with Gasteiger partial charge in [0.2, 0.25) is 0 Å². The van der Waals surface area contributed by atoms with Gasteiger partial charge in [-0.25, -0.2) is 0 Å². The van der Waals surface area contributed by atoms with Gasteiger partial charge in [-0.1, -0.05) is 0 Å². The van der Waals surface area contributed by atoms with Crippen molar-refractivity contribution >= 4 is 18.6 Å². The fraction of sp³-hybridized carbons (Fsp3) is 1.00. The summed E-state index contributed by atoms with van der Waals surface area (Å²) in [5.41, 5.74) is 0. The van der Waals surface area contributed by atoms with Gasteiger partial charge < -0.3 is 9.63 Å². The van der Waals surface area contributed by atoms with E-state index < -0.39 is 7.38 Å². The first-order valence-corrected chi connectivity index (χ1v) is 4.03. The number of hydrogen-bond donors (Lipinski definition) is 1. The molecule has 0 heterocycles.